The highest BCUT2D eigenvalue weighted by Gasteiger charge is 2.46. The van der Waals surface area contributed by atoms with Crippen LogP contribution in [0.5, 0.6) is 0 Å². The zero-order valence-corrected chi connectivity index (χ0v) is 13.2. The Bertz CT molecular complexity index is 549. The fourth-order valence-corrected chi connectivity index (χ4v) is 2.81. The van der Waals surface area contributed by atoms with E-state index >= 15 is 0 Å². The van der Waals surface area contributed by atoms with Crippen molar-refractivity contribution in [2.24, 2.45) is 0 Å². The third-order valence-corrected chi connectivity index (χ3v) is 5.09. The number of benzene rings is 1. The molecule has 2 rings (SSSR count). The van der Waals surface area contributed by atoms with Crippen LogP contribution in [0.25, 0.3) is 0 Å². The maximum atomic E-state index is 12.4. The number of carboxylic acid groups (broad SMARTS) is 1. The van der Waals surface area contributed by atoms with E-state index in [4.69, 9.17) is 11.6 Å². The normalized spacial score (nSPS) is 22.6. The average molecular weight is 394 g/mol. The molecule has 0 saturated carbocycles. The molecule has 1 saturated heterocycles. The highest BCUT2D eigenvalue weighted by Crippen LogP contribution is 2.31. The molecule has 1 aliphatic heterocycles. The van der Waals surface area contributed by atoms with Crippen molar-refractivity contribution in [1.82, 2.24) is 4.90 Å². The van der Waals surface area contributed by atoms with Gasteiger partial charge in [0.15, 0.2) is 0 Å². The molecule has 0 aromatic heterocycles. The summed E-state index contributed by atoms with van der Waals surface area (Å²) in [5.41, 5.74) is -0.688. The largest absolute Gasteiger partial charge is 0.480 e. The van der Waals surface area contributed by atoms with Crippen molar-refractivity contribution in [3.8, 4) is 0 Å². The second kappa shape index (κ2) is 5.28. The van der Waals surface area contributed by atoms with Crippen LogP contribution in [0, 0.1) is 3.57 Å². The molecular weight excluding hydrogens is 381 g/mol. The number of rotatable bonds is 2. The molecule has 1 N–H and O–H groups in total. The first-order chi connectivity index (χ1) is 8.86. The summed E-state index contributed by atoms with van der Waals surface area (Å²) in [5, 5.41) is 9.82. The molecule has 1 unspecified atom stereocenters. The van der Waals surface area contributed by atoms with E-state index < -0.39 is 11.5 Å². The molecular formula is C13H13ClINO3. The Morgan fingerprint density at radius 2 is 2.16 bits per heavy atom. The fourth-order valence-electron chi connectivity index (χ4n) is 2.30. The smallest absolute Gasteiger partial charge is 0.329 e. The number of halogens is 2. The van der Waals surface area contributed by atoms with Crippen molar-refractivity contribution in [3.05, 3.63) is 32.4 Å². The van der Waals surface area contributed by atoms with Gasteiger partial charge in [0, 0.05) is 15.7 Å². The third kappa shape index (κ3) is 2.58. The number of carbonyl (C=O) groups is 2. The van der Waals surface area contributed by atoms with Crippen LogP contribution in [-0.2, 0) is 4.79 Å². The lowest BCUT2D eigenvalue weighted by Crippen LogP contribution is -2.50. The highest BCUT2D eigenvalue weighted by molar-refractivity contribution is 14.1. The molecule has 6 heteroatoms. The molecule has 0 spiro atoms. The molecule has 102 valence electrons. The standard InChI is InChI=1S/C13H13ClINO3/c1-13(12(18)19)5-2-6-16(13)11(17)8-3-4-10(15)9(14)7-8/h3-4,7H,2,5-6H2,1H3,(H,18,19). The van der Waals surface area contributed by atoms with Crippen molar-refractivity contribution >= 4 is 46.1 Å². The van der Waals surface area contributed by atoms with Crippen LogP contribution in [-0.4, -0.2) is 34.0 Å². The van der Waals surface area contributed by atoms with E-state index in [0.29, 0.717) is 30.0 Å². The molecule has 0 bridgehead atoms. The quantitative estimate of drug-likeness (QED) is 0.786. The van der Waals surface area contributed by atoms with Crippen LogP contribution in [0.15, 0.2) is 18.2 Å². The molecule has 1 aliphatic rings. The number of carboxylic acids is 1. The summed E-state index contributed by atoms with van der Waals surface area (Å²) >= 11 is 8.08. The average Bonchev–Trinajstić information content (AvgIpc) is 2.75. The van der Waals surface area contributed by atoms with Crippen LogP contribution < -0.4 is 0 Å². The van der Waals surface area contributed by atoms with Gasteiger partial charge in [0.05, 0.1) is 5.02 Å². The maximum absolute atomic E-state index is 12.4. The van der Waals surface area contributed by atoms with Crippen LogP contribution in [0.2, 0.25) is 5.02 Å². The van der Waals surface area contributed by atoms with Gasteiger partial charge in [0.25, 0.3) is 5.91 Å². The summed E-state index contributed by atoms with van der Waals surface area (Å²) in [6.45, 7) is 2.06. The lowest BCUT2D eigenvalue weighted by molar-refractivity contribution is -0.147. The van der Waals surface area contributed by atoms with Gasteiger partial charge in [-0.15, -0.1) is 0 Å². The fraction of sp³-hybridized carbons (Fsp3) is 0.385. The monoisotopic (exact) mass is 393 g/mol. The highest BCUT2D eigenvalue weighted by atomic mass is 127. The van der Waals surface area contributed by atoms with Gasteiger partial charge in [0.2, 0.25) is 0 Å². The predicted octanol–water partition coefficient (Wildman–Crippen LogP) is 3.02. The Morgan fingerprint density at radius 3 is 2.74 bits per heavy atom. The summed E-state index contributed by atoms with van der Waals surface area (Å²) in [5.74, 6) is -1.24. The Balaban J connectivity index is 2.33. The van der Waals surface area contributed by atoms with Crippen molar-refractivity contribution < 1.29 is 14.7 Å². The Morgan fingerprint density at radius 1 is 1.47 bits per heavy atom. The van der Waals surface area contributed by atoms with Crippen molar-refractivity contribution in [2.45, 2.75) is 25.3 Å². The van der Waals surface area contributed by atoms with Crippen LogP contribution in [0.3, 0.4) is 0 Å². The van der Waals surface area contributed by atoms with Gasteiger partial charge in [-0.05, 0) is 60.6 Å². The second-order valence-electron chi connectivity index (χ2n) is 4.77. The van der Waals surface area contributed by atoms with Gasteiger partial charge >= 0.3 is 5.97 Å². The summed E-state index contributed by atoms with van der Waals surface area (Å²) < 4.78 is 0.859. The molecule has 0 aliphatic carbocycles. The van der Waals surface area contributed by atoms with Crippen LogP contribution in [0.1, 0.15) is 30.1 Å². The molecule has 19 heavy (non-hydrogen) atoms. The summed E-state index contributed by atoms with van der Waals surface area (Å²) in [6.07, 6.45) is 1.18. The lowest BCUT2D eigenvalue weighted by atomic mass is 9.98. The molecule has 4 nitrogen and oxygen atoms in total. The summed E-state index contributed by atoms with van der Waals surface area (Å²) in [6, 6.07) is 5.02. The number of carbonyl (C=O) groups excluding carboxylic acids is 1. The van der Waals surface area contributed by atoms with Gasteiger partial charge in [0.1, 0.15) is 5.54 Å². The summed E-state index contributed by atoms with van der Waals surface area (Å²) in [4.78, 5) is 25.2. The third-order valence-electron chi connectivity index (χ3n) is 3.51. The van der Waals surface area contributed by atoms with Gasteiger partial charge < -0.3 is 10.0 Å². The molecule has 1 amide bonds. The first-order valence-electron chi connectivity index (χ1n) is 5.86. The van der Waals surface area contributed by atoms with Crippen LogP contribution >= 0.6 is 34.2 Å². The summed E-state index contributed by atoms with van der Waals surface area (Å²) in [7, 11) is 0. The van der Waals surface area contributed by atoms with E-state index in [2.05, 4.69) is 22.6 Å². The zero-order chi connectivity index (χ0) is 14.2. The number of hydrogen-bond acceptors (Lipinski definition) is 2. The minimum atomic E-state index is -1.12. The second-order valence-corrected chi connectivity index (χ2v) is 6.34. The van der Waals surface area contributed by atoms with E-state index in [1.807, 2.05) is 0 Å². The van der Waals surface area contributed by atoms with E-state index in [1.165, 1.54) is 4.90 Å². The van der Waals surface area contributed by atoms with Crippen LogP contribution in [0.4, 0.5) is 0 Å². The van der Waals surface area contributed by atoms with Gasteiger partial charge in [-0.1, -0.05) is 11.6 Å². The predicted molar refractivity (Wildman–Crippen MR) is 80.5 cm³/mol. The van der Waals surface area contributed by atoms with Crippen molar-refractivity contribution in [1.29, 1.82) is 0 Å². The lowest BCUT2D eigenvalue weighted by Gasteiger charge is -2.31. The van der Waals surface area contributed by atoms with E-state index in [0.717, 1.165) is 3.57 Å². The van der Waals surface area contributed by atoms with Crippen molar-refractivity contribution in [2.75, 3.05) is 6.54 Å². The first-order valence-corrected chi connectivity index (χ1v) is 7.32. The molecule has 1 atom stereocenters. The van der Waals surface area contributed by atoms with Gasteiger partial charge in [-0.2, -0.15) is 0 Å². The minimum Gasteiger partial charge on any atom is -0.480 e. The molecule has 1 aromatic carbocycles. The zero-order valence-electron chi connectivity index (χ0n) is 10.3. The minimum absolute atomic E-state index is 0.277. The molecule has 0 radical (unpaired) electrons. The topological polar surface area (TPSA) is 57.6 Å². The Kier molecular flexibility index (Phi) is 4.06. The number of aliphatic carboxylic acids is 1. The van der Waals surface area contributed by atoms with E-state index in [9.17, 15) is 14.7 Å². The first kappa shape index (κ1) is 14.6. The van der Waals surface area contributed by atoms with E-state index in [-0.39, 0.29) is 5.91 Å². The number of hydrogen-bond donors (Lipinski definition) is 1. The van der Waals surface area contributed by atoms with Gasteiger partial charge in [-0.3, -0.25) is 4.79 Å². The number of likely N-dealkylation sites (tertiary alicyclic amines) is 1. The van der Waals surface area contributed by atoms with Crippen molar-refractivity contribution in [3.63, 3.8) is 0 Å². The maximum Gasteiger partial charge on any atom is 0.329 e. The molecule has 1 aromatic rings. The number of nitrogens with zero attached hydrogens (tertiary/aromatic N) is 1. The Hall–Kier alpha value is -0.820. The van der Waals surface area contributed by atoms with Gasteiger partial charge in [-0.25, -0.2) is 4.79 Å². The molecule has 1 fully saturated rings. The Labute approximate surface area is 129 Å². The molecule has 1 heterocycles. The SMILES string of the molecule is CC1(C(=O)O)CCCN1C(=O)c1ccc(I)c(Cl)c1. The number of amides is 1. The van der Waals surface area contributed by atoms with E-state index in [1.54, 1.807) is 25.1 Å².